The minimum atomic E-state index is -0.355. The molecule has 0 aromatic heterocycles. The molecule has 20 heavy (non-hydrogen) atoms. The topological polar surface area (TPSA) is 23.5 Å². The maximum Gasteiger partial charge on any atom is 0.0916 e. The predicted octanol–water partition coefficient (Wildman–Crippen LogP) is 3.79. The van der Waals surface area contributed by atoms with Crippen LogP contribution in [0.3, 0.4) is 0 Å². The van der Waals surface area contributed by atoms with Gasteiger partial charge in [-0.05, 0) is 48.9 Å². The van der Waals surface area contributed by atoms with Gasteiger partial charge in [-0.2, -0.15) is 0 Å². The Kier molecular flexibility index (Phi) is 5.22. The van der Waals surface area contributed by atoms with Crippen molar-refractivity contribution in [2.24, 2.45) is 5.41 Å². The number of piperidine rings is 1. The summed E-state index contributed by atoms with van der Waals surface area (Å²) in [5.74, 6) is 0. The number of benzene rings is 1. The number of aryl methyl sites for hydroxylation is 1. The molecule has 0 bridgehead atoms. The SMILES string of the molecule is CCCc1ccc(C(O)CN2CCC(C)(C)CC2)cc1. The number of aliphatic hydroxyl groups excluding tert-OH is 1. The predicted molar refractivity (Wildman–Crippen MR) is 84.9 cm³/mol. The Labute approximate surface area is 123 Å². The van der Waals surface area contributed by atoms with Crippen LogP contribution in [0.15, 0.2) is 24.3 Å². The van der Waals surface area contributed by atoms with E-state index in [-0.39, 0.29) is 6.10 Å². The summed E-state index contributed by atoms with van der Waals surface area (Å²) in [6.45, 7) is 9.86. The lowest BCUT2D eigenvalue weighted by atomic mass is 9.82. The summed E-state index contributed by atoms with van der Waals surface area (Å²) in [6, 6.07) is 8.48. The highest BCUT2D eigenvalue weighted by atomic mass is 16.3. The van der Waals surface area contributed by atoms with Crippen molar-refractivity contribution in [2.45, 2.75) is 52.6 Å². The molecule has 1 N–H and O–H groups in total. The number of hydrogen-bond donors (Lipinski definition) is 1. The van der Waals surface area contributed by atoms with Crippen molar-refractivity contribution in [2.75, 3.05) is 19.6 Å². The Balaban J connectivity index is 1.87. The van der Waals surface area contributed by atoms with Gasteiger partial charge in [0.25, 0.3) is 0 Å². The second kappa shape index (κ2) is 6.73. The van der Waals surface area contributed by atoms with E-state index in [1.807, 2.05) is 0 Å². The molecule has 112 valence electrons. The number of likely N-dealkylation sites (tertiary alicyclic amines) is 1. The minimum absolute atomic E-state index is 0.355. The zero-order valence-electron chi connectivity index (χ0n) is 13.2. The number of β-amino-alcohol motifs (C(OH)–C–C–N with tert-alkyl or cyclic N) is 1. The first-order valence-corrected chi connectivity index (χ1v) is 7.99. The lowest BCUT2D eigenvalue weighted by Gasteiger charge is -2.37. The van der Waals surface area contributed by atoms with E-state index in [1.54, 1.807) is 0 Å². The Morgan fingerprint density at radius 3 is 2.30 bits per heavy atom. The van der Waals surface area contributed by atoms with Gasteiger partial charge in [0, 0.05) is 6.54 Å². The fourth-order valence-corrected chi connectivity index (χ4v) is 2.89. The van der Waals surface area contributed by atoms with Crippen molar-refractivity contribution in [1.29, 1.82) is 0 Å². The molecule has 1 aromatic carbocycles. The first-order valence-electron chi connectivity index (χ1n) is 7.99. The van der Waals surface area contributed by atoms with Gasteiger partial charge in [0.05, 0.1) is 6.10 Å². The lowest BCUT2D eigenvalue weighted by molar-refractivity contribution is 0.0703. The Hall–Kier alpha value is -0.860. The molecule has 1 aliphatic rings. The molecule has 2 heteroatoms. The van der Waals surface area contributed by atoms with Crippen LogP contribution in [-0.2, 0) is 6.42 Å². The molecule has 1 unspecified atom stereocenters. The molecule has 1 aromatic rings. The lowest BCUT2D eigenvalue weighted by Crippen LogP contribution is -2.39. The Bertz CT molecular complexity index is 400. The third-order valence-electron chi connectivity index (χ3n) is 4.54. The maximum absolute atomic E-state index is 10.4. The normalized spacial score (nSPS) is 20.8. The largest absolute Gasteiger partial charge is 0.387 e. The van der Waals surface area contributed by atoms with Crippen LogP contribution in [0, 0.1) is 5.41 Å². The molecule has 0 aliphatic carbocycles. The van der Waals surface area contributed by atoms with Crippen LogP contribution in [0.4, 0.5) is 0 Å². The molecule has 0 saturated carbocycles. The molecular formula is C18H29NO. The van der Waals surface area contributed by atoms with Crippen molar-refractivity contribution in [3.05, 3.63) is 35.4 Å². The van der Waals surface area contributed by atoms with Crippen molar-refractivity contribution >= 4 is 0 Å². The van der Waals surface area contributed by atoms with E-state index in [0.717, 1.165) is 31.6 Å². The fourth-order valence-electron chi connectivity index (χ4n) is 2.89. The van der Waals surface area contributed by atoms with E-state index >= 15 is 0 Å². The fraction of sp³-hybridized carbons (Fsp3) is 0.667. The number of hydrogen-bond acceptors (Lipinski definition) is 2. The average molecular weight is 275 g/mol. The summed E-state index contributed by atoms with van der Waals surface area (Å²) in [5.41, 5.74) is 2.89. The molecular weight excluding hydrogens is 246 g/mol. The van der Waals surface area contributed by atoms with E-state index in [9.17, 15) is 5.11 Å². The van der Waals surface area contributed by atoms with Crippen LogP contribution in [0.5, 0.6) is 0 Å². The average Bonchev–Trinajstić information content (AvgIpc) is 2.42. The monoisotopic (exact) mass is 275 g/mol. The van der Waals surface area contributed by atoms with Gasteiger partial charge < -0.3 is 10.0 Å². The van der Waals surface area contributed by atoms with Gasteiger partial charge in [-0.15, -0.1) is 0 Å². The third-order valence-corrected chi connectivity index (χ3v) is 4.54. The van der Waals surface area contributed by atoms with Gasteiger partial charge in [0.15, 0.2) is 0 Å². The summed E-state index contributed by atoms with van der Waals surface area (Å²) in [7, 11) is 0. The molecule has 0 radical (unpaired) electrons. The zero-order chi connectivity index (χ0) is 14.6. The van der Waals surface area contributed by atoms with Crippen molar-refractivity contribution in [3.63, 3.8) is 0 Å². The van der Waals surface area contributed by atoms with Crippen molar-refractivity contribution in [1.82, 2.24) is 4.90 Å². The Morgan fingerprint density at radius 2 is 1.75 bits per heavy atom. The van der Waals surface area contributed by atoms with Gasteiger partial charge in [-0.25, -0.2) is 0 Å². The van der Waals surface area contributed by atoms with Gasteiger partial charge in [0.2, 0.25) is 0 Å². The molecule has 1 fully saturated rings. The molecule has 0 amide bonds. The molecule has 2 nitrogen and oxygen atoms in total. The molecule has 1 aliphatic heterocycles. The zero-order valence-corrected chi connectivity index (χ0v) is 13.2. The maximum atomic E-state index is 10.4. The number of aliphatic hydroxyl groups is 1. The number of nitrogens with zero attached hydrogens (tertiary/aromatic N) is 1. The standard InChI is InChI=1S/C18H29NO/c1-4-5-15-6-8-16(9-7-15)17(20)14-19-12-10-18(2,3)11-13-19/h6-9,17,20H,4-5,10-14H2,1-3H3. The summed E-state index contributed by atoms with van der Waals surface area (Å²) >= 11 is 0. The molecule has 1 saturated heterocycles. The number of rotatable bonds is 5. The quantitative estimate of drug-likeness (QED) is 0.883. The van der Waals surface area contributed by atoms with Crippen molar-refractivity contribution < 1.29 is 5.11 Å². The van der Waals surface area contributed by atoms with Gasteiger partial charge in [0.1, 0.15) is 0 Å². The first-order chi connectivity index (χ1) is 9.50. The van der Waals surface area contributed by atoms with Crippen molar-refractivity contribution in [3.8, 4) is 0 Å². The van der Waals surface area contributed by atoms with E-state index in [2.05, 4.69) is 49.9 Å². The Morgan fingerprint density at radius 1 is 1.15 bits per heavy atom. The van der Waals surface area contributed by atoms with Crippen LogP contribution in [0.2, 0.25) is 0 Å². The summed E-state index contributed by atoms with van der Waals surface area (Å²) in [5, 5.41) is 10.4. The van der Waals surface area contributed by atoms with Crippen LogP contribution in [-0.4, -0.2) is 29.6 Å². The highest BCUT2D eigenvalue weighted by Crippen LogP contribution is 2.30. The van der Waals surface area contributed by atoms with Crippen LogP contribution in [0.1, 0.15) is 57.3 Å². The highest BCUT2D eigenvalue weighted by molar-refractivity contribution is 5.24. The molecule has 1 atom stereocenters. The van der Waals surface area contributed by atoms with Crippen LogP contribution >= 0.6 is 0 Å². The smallest absolute Gasteiger partial charge is 0.0916 e. The van der Waals surface area contributed by atoms with Gasteiger partial charge in [-0.1, -0.05) is 51.5 Å². The van der Waals surface area contributed by atoms with E-state index in [0.29, 0.717) is 5.41 Å². The van der Waals surface area contributed by atoms with E-state index in [1.165, 1.54) is 24.8 Å². The van der Waals surface area contributed by atoms with Gasteiger partial charge >= 0.3 is 0 Å². The summed E-state index contributed by atoms with van der Waals surface area (Å²) < 4.78 is 0. The van der Waals surface area contributed by atoms with Crippen LogP contribution in [0.25, 0.3) is 0 Å². The minimum Gasteiger partial charge on any atom is -0.387 e. The second-order valence-electron chi connectivity index (χ2n) is 6.97. The first kappa shape index (κ1) is 15.5. The second-order valence-corrected chi connectivity index (χ2v) is 6.97. The van der Waals surface area contributed by atoms with Gasteiger partial charge in [-0.3, -0.25) is 0 Å². The highest BCUT2D eigenvalue weighted by Gasteiger charge is 2.26. The third kappa shape index (κ3) is 4.32. The van der Waals surface area contributed by atoms with E-state index in [4.69, 9.17) is 0 Å². The molecule has 1 heterocycles. The summed E-state index contributed by atoms with van der Waals surface area (Å²) in [4.78, 5) is 2.40. The molecule has 0 spiro atoms. The molecule has 2 rings (SSSR count). The van der Waals surface area contributed by atoms with Crippen LogP contribution < -0.4 is 0 Å². The van der Waals surface area contributed by atoms with E-state index < -0.39 is 0 Å². The summed E-state index contributed by atoms with van der Waals surface area (Å²) in [6.07, 6.45) is 4.40.